The second-order valence-electron chi connectivity index (χ2n) is 5.96. The zero-order valence-corrected chi connectivity index (χ0v) is 16.1. The molecule has 0 aromatic heterocycles. The molecule has 0 bridgehead atoms. The highest BCUT2D eigenvalue weighted by molar-refractivity contribution is 5.92. The maximum absolute atomic E-state index is 11.6. The molecule has 0 radical (unpaired) electrons. The third kappa shape index (κ3) is 11.5. The second kappa shape index (κ2) is 13.8. The van der Waals surface area contributed by atoms with E-state index in [-0.39, 0.29) is 0 Å². The lowest BCUT2D eigenvalue weighted by molar-refractivity contribution is -0.142. The summed E-state index contributed by atoms with van der Waals surface area (Å²) in [4.78, 5) is 68.2. The van der Waals surface area contributed by atoms with Crippen LogP contribution in [0.5, 0.6) is 0 Å². The summed E-state index contributed by atoms with van der Waals surface area (Å²) in [6, 6.07) is -2.72. The Bertz CT molecular complexity index is 655. The van der Waals surface area contributed by atoms with Gasteiger partial charge < -0.3 is 47.6 Å². The SMILES string of the molecule is C[C@@H](O)[C@H](N)C(=O)NCC(=O)NCC(=O)NCC(=O)NCC(=O)N[C@@H](CO)C(=O)O. The normalized spacial score (nSPS) is 13.2. The molecule has 0 heterocycles. The molecule has 15 nitrogen and oxygen atoms in total. The summed E-state index contributed by atoms with van der Waals surface area (Å²) in [5.74, 6) is -5.27. The second-order valence-corrected chi connectivity index (χ2v) is 5.96. The lowest BCUT2D eigenvalue weighted by atomic mass is 10.2. The van der Waals surface area contributed by atoms with Crippen molar-refractivity contribution in [2.45, 2.75) is 25.1 Å². The van der Waals surface area contributed by atoms with Gasteiger partial charge in [0.1, 0.15) is 12.1 Å². The van der Waals surface area contributed by atoms with E-state index in [0.29, 0.717) is 0 Å². The van der Waals surface area contributed by atoms with Gasteiger partial charge in [-0.15, -0.1) is 0 Å². The molecule has 0 fully saturated rings. The van der Waals surface area contributed by atoms with Crippen LogP contribution in [0, 0.1) is 0 Å². The molecular formula is C15H26N6O9. The number of aliphatic hydroxyl groups excluding tert-OH is 2. The predicted octanol–water partition coefficient (Wildman–Crippen LogP) is -6.28. The first-order valence-electron chi connectivity index (χ1n) is 8.62. The van der Waals surface area contributed by atoms with Gasteiger partial charge in [0, 0.05) is 0 Å². The summed E-state index contributed by atoms with van der Waals surface area (Å²) in [5.41, 5.74) is 5.37. The summed E-state index contributed by atoms with van der Waals surface area (Å²) < 4.78 is 0. The number of aliphatic hydroxyl groups is 2. The van der Waals surface area contributed by atoms with Gasteiger partial charge in [-0.1, -0.05) is 0 Å². The number of carboxylic acid groups (broad SMARTS) is 1. The van der Waals surface area contributed by atoms with Crippen LogP contribution in [-0.2, 0) is 28.8 Å². The van der Waals surface area contributed by atoms with Gasteiger partial charge in [-0.25, -0.2) is 4.79 Å². The Hall–Kier alpha value is -3.30. The number of hydrogen-bond donors (Lipinski definition) is 9. The Kier molecular flexibility index (Phi) is 12.3. The Labute approximate surface area is 170 Å². The van der Waals surface area contributed by atoms with Crippen molar-refractivity contribution in [3.8, 4) is 0 Å². The summed E-state index contributed by atoms with van der Waals surface area (Å²) in [5, 5.41) is 37.2. The molecule has 3 atom stereocenters. The number of nitrogens with one attached hydrogen (secondary N) is 5. The van der Waals surface area contributed by atoms with E-state index in [1.54, 1.807) is 0 Å². The highest BCUT2D eigenvalue weighted by Gasteiger charge is 2.20. The largest absolute Gasteiger partial charge is 0.480 e. The molecule has 0 spiro atoms. The monoisotopic (exact) mass is 434 g/mol. The number of carbonyl (C=O) groups is 6. The van der Waals surface area contributed by atoms with E-state index in [2.05, 4.69) is 21.3 Å². The first-order valence-corrected chi connectivity index (χ1v) is 8.62. The standard InChI is InChI=1S/C15H26N6O9/c1-7(23)13(16)14(28)20-4-11(26)18-2-9(24)17-3-10(25)19-5-12(27)21-8(6-22)15(29)30/h7-8,13,22-23H,2-6,16H2,1H3,(H,17,24)(H,18,26)(H,19,25)(H,20,28)(H,21,27)(H,29,30)/t7-,8+,13+/m1/s1. The van der Waals surface area contributed by atoms with Crippen LogP contribution in [-0.4, -0.2) is 102 Å². The molecule has 5 amide bonds. The average molecular weight is 434 g/mol. The molecule has 0 unspecified atom stereocenters. The number of hydrogen-bond acceptors (Lipinski definition) is 9. The van der Waals surface area contributed by atoms with E-state index in [9.17, 15) is 28.8 Å². The minimum atomic E-state index is -1.51. The van der Waals surface area contributed by atoms with Gasteiger partial charge in [0.05, 0.1) is 38.9 Å². The smallest absolute Gasteiger partial charge is 0.328 e. The molecule has 0 rings (SSSR count). The zero-order valence-electron chi connectivity index (χ0n) is 16.1. The van der Waals surface area contributed by atoms with Crippen LogP contribution in [0.4, 0.5) is 0 Å². The van der Waals surface area contributed by atoms with Crippen LogP contribution in [0.1, 0.15) is 6.92 Å². The molecule has 15 heteroatoms. The number of carboxylic acids is 1. The van der Waals surface area contributed by atoms with Crippen LogP contribution in [0.25, 0.3) is 0 Å². The van der Waals surface area contributed by atoms with Gasteiger partial charge in [0.25, 0.3) is 0 Å². The molecule has 0 aliphatic carbocycles. The number of amides is 5. The summed E-state index contributed by atoms with van der Waals surface area (Å²) in [6.07, 6.45) is -1.11. The number of nitrogens with two attached hydrogens (primary N) is 1. The van der Waals surface area contributed by atoms with Crippen molar-refractivity contribution in [3.05, 3.63) is 0 Å². The summed E-state index contributed by atoms with van der Waals surface area (Å²) in [7, 11) is 0. The number of rotatable bonds is 13. The highest BCUT2D eigenvalue weighted by atomic mass is 16.4. The van der Waals surface area contributed by atoms with Gasteiger partial charge in [-0.2, -0.15) is 0 Å². The highest BCUT2D eigenvalue weighted by Crippen LogP contribution is 1.87. The third-order valence-electron chi connectivity index (χ3n) is 3.40. The Morgan fingerprint density at radius 3 is 1.57 bits per heavy atom. The predicted molar refractivity (Wildman–Crippen MR) is 98.3 cm³/mol. The van der Waals surface area contributed by atoms with Gasteiger partial charge >= 0.3 is 5.97 Å². The zero-order chi connectivity index (χ0) is 23.3. The molecule has 0 saturated carbocycles. The van der Waals surface area contributed by atoms with Crippen molar-refractivity contribution in [2.75, 3.05) is 32.8 Å². The fourth-order valence-electron chi connectivity index (χ4n) is 1.66. The summed E-state index contributed by atoms with van der Waals surface area (Å²) in [6.45, 7) is -1.60. The Morgan fingerprint density at radius 2 is 1.20 bits per heavy atom. The molecule has 0 aromatic rings. The van der Waals surface area contributed by atoms with Gasteiger partial charge in [-0.3, -0.25) is 24.0 Å². The van der Waals surface area contributed by atoms with Crippen molar-refractivity contribution in [2.24, 2.45) is 5.73 Å². The molecule has 0 aromatic carbocycles. The van der Waals surface area contributed by atoms with Crippen molar-refractivity contribution in [3.63, 3.8) is 0 Å². The molecule has 0 aliphatic heterocycles. The van der Waals surface area contributed by atoms with Crippen LogP contribution in [0.2, 0.25) is 0 Å². The fourth-order valence-corrected chi connectivity index (χ4v) is 1.66. The molecule has 0 aliphatic rings. The molecular weight excluding hydrogens is 408 g/mol. The first kappa shape index (κ1) is 26.7. The van der Waals surface area contributed by atoms with E-state index >= 15 is 0 Å². The van der Waals surface area contributed by atoms with Crippen molar-refractivity contribution in [1.29, 1.82) is 0 Å². The maximum Gasteiger partial charge on any atom is 0.328 e. The fraction of sp³-hybridized carbons (Fsp3) is 0.600. The Morgan fingerprint density at radius 1 is 0.800 bits per heavy atom. The van der Waals surface area contributed by atoms with Crippen molar-refractivity contribution >= 4 is 35.5 Å². The van der Waals surface area contributed by atoms with E-state index in [0.717, 1.165) is 0 Å². The minimum absolute atomic E-state index is 0.479. The molecule has 170 valence electrons. The third-order valence-corrected chi connectivity index (χ3v) is 3.40. The van der Waals surface area contributed by atoms with E-state index in [4.69, 9.17) is 21.1 Å². The lowest BCUT2D eigenvalue weighted by Gasteiger charge is -2.14. The number of carbonyl (C=O) groups excluding carboxylic acids is 5. The lowest BCUT2D eigenvalue weighted by Crippen LogP contribution is -2.50. The van der Waals surface area contributed by atoms with E-state index < -0.39 is 86.5 Å². The van der Waals surface area contributed by atoms with Crippen LogP contribution >= 0.6 is 0 Å². The van der Waals surface area contributed by atoms with Gasteiger partial charge in [0.15, 0.2) is 0 Å². The average Bonchev–Trinajstić information content (AvgIpc) is 2.70. The topological polar surface area (TPSA) is 249 Å². The quantitative estimate of drug-likeness (QED) is 0.132. The summed E-state index contributed by atoms with van der Waals surface area (Å²) >= 11 is 0. The van der Waals surface area contributed by atoms with Gasteiger partial charge in [0.2, 0.25) is 29.5 Å². The molecule has 10 N–H and O–H groups in total. The van der Waals surface area contributed by atoms with Crippen molar-refractivity contribution in [1.82, 2.24) is 26.6 Å². The first-order chi connectivity index (χ1) is 14.0. The molecule has 0 saturated heterocycles. The van der Waals surface area contributed by atoms with Gasteiger partial charge in [-0.05, 0) is 6.92 Å². The van der Waals surface area contributed by atoms with E-state index in [1.807, 2.05) is 5.32 Å². The minimum Gasteiger partial charge on any atom is -0.480 e. The number of aliphatic carboxylic acids is 1. The van der Waals surface area contributed by atoms with Crippen LogP contribution in [0.15, 0.2) is 0 Å². The van der Waals surface area contributed by atoms with E-state index in [1.165, 1.54) is 6.92 Å². The Balaban J connectivity index is 4.04. The molecule has 30 heavy (non-hydrogen) atoms. The van der Waals surface area contributed by atoms with Crippen LogP contribution < -0.4 is 32.3 Å². The maximum atomic E-state index is 11.6. The van der Waals surface area contributed by atoms with Crippen molar-refractivity contribution < 1.29 is 44.1 Å². The van der Waals surface area contributed by atoms with Crippen LogP contribution in [0.3, 0.4) is 0 Å².